The van der Waals surface area contributed by atoms with Crippen molar-refractivity contribution in [2.45, 2.75) is 51.8 Å². The van der Waals surface area contributed by atoms with Gasteiger partial charge in [0.25, 0.3) is 5.91 Å². The lowest BCUT2D eigenvalue weighted by molar-refractivity contribution is -0.144. The van der Waals surface area contributed by atoms with Crippen molar-refractivity contribution in [2.75, 3.05) is 6.54 Å². The Bertz CT molecular complexity index is 1530. The third-order valence-corrected chi connectivity index (χ3v) is 7.43. The number of carbonyl (C=O) groups excluding carboxylic acids is 2. The molecular formula is C31H34N4O5. The quantitative estimate of drug-likeness (QED) is 0.207. The zero-order valence-electron chi connectivity index (χ0n) is 22.9. The van der Waals surface area contributed by atoms with Crippen molar-refractivity contribution >= 4 is 22.7 Å². The van der Waals surface area contributed by atoms with Gasteiger partial charge in [0, 0.05) is 17.5 Å². The van der Waals surface area contributed by atoms with Gasteiger partial charge in [-0.25, -0.2) is 10.5 Å². The molecule has 208 valence electrons. The third-order valence-electron chi connectivity index (χ3n) is 7.43. The smallest absolute Gasteiger partial charge is 0.266 e. The van der Waals surface area contributed by atoms with Crippen LogP contribution < -0.4 is 16.0 Å². The van der Waals surface area contributed by atoms with Crippen LogP contribution in [-0.2, 0) is 21.7 Å². The van der Waals surface area contributed by atoms with E-state index in [9.17, 15) is 14.8 Å². The highest BCUT2D eigenvalue weighted by Gasteiger charge is 2.48. The molecule has 2 aromatic heterocycles. The van der Waals surface area contributed by atoms with Gasteiger partial charge in [-0.1, -0.05) is 44.2 Å². The van der Waals surface area contributed by atoms with Gasteiger partial charge in [-0.3, -0.25) is 14.8 Å². The van der Waals surface area contributed by atoms with E-state index in [-0.39, 0.29) is 11.8 Å². The highest BCUT2D eigenvalue weighted by atomic mass is 16.5. The lowest BCUT2D eigenvalue weighted by Gasteiger charge is -2.30. The van der Waals surface area contributed by atoms with Crippen LogP contribution in [0.3, 0.4) is 0 Å². The number of hydrogen-bond donors (Lipinski definition) is 3. The summed E-state index contributed by atoms with van der Waals surface area (Å²) >= 11 is 0. The summed E-state index contributed by atoms with van der Waals surface area (Å²) in [5, 5.41) is 10.2. The number of furan rings is 1. The molecule has 1 fully saturated rings. The van der Waals surface area contributed by atoms with Crippen LogP contribution >= 0.6 is 0 Å². The Hall–Kier alpha value is -4.21. The van der Waals surface area contributed by atoms with Gasteiger partial charge < -0.3 is 19.8 Å². The monoisotopic (exact) mass is 542 g/mol. The molecule has 1 aliphatic heterocycles. The van der Waals surface area contributed by atoms with Crippen LogP contribution in [0.2, 0.25) is 0 Å². The highest BCUT2D eigenvalue weighted by Crippen LogP contribution is 2.34. The molecule has 5 rings (SSSR count). The van der Waals surface area contributed by atoms with E-state index in [0.717, 1.165) is 27.9 Å². The van der Waals surface area contributed by atoms with Crippen LogP contribution in [0, 0.1) is 12.8 Å². The van der Waals surface area contributed by atoms with Crippen molar-refractivity contribution in [1.82, 2.24) is 15.4 Å². The predicted molar refractivity (Wildman–Crippen MR) is 150 cm³/mol. The van der Waals surface area contributed by atoms with Crippen molar-refractivity contribution in [3.63, 3.8) is 0 Å². The molecule has 3 heterocycles. The molecule has 4 aromatic rings. The molecular weight excluding hydrogens is 508 g/mol. The molecule has 0 saturated carbocycles. The maximum atomic E-state index is 13.4. The first kappa shape index (κ1) is 27.4. The second-order valence-corrected chi connectivity index (χ2v) is 10.7. The molecule has 2 amide bonds. The van der Waals surface area contributed by atoms with E-state index in [2.05, 4.69) is 0 Å². The van der Waals surface area contributed by atoms with Gasteiger partial charge in [0.15, 0.2) is 5.76 Å². The van der Waals surface area contributed by atoms with Crippen molar-refractivity contribution in [3.05, 3.63) is 83.6 Å². The molecule has 0 spiro atoms. The zero-order valence-corrected chi connectivity index (χ0v) is 22.9. The molecule has 1 saturated heterocycles. The molecule has 0 bridgehead atoms. The van der Waals surface area contributed by atoms with Gasteiger partial charge in [0.05, 0.1) is 5.52 Å². The van der Waals surface area contributed by atoms with Crippen LogP contribution in [-0.4, -0.2) is 39.5 Å². The van der Waals surface area contributed by atoms with Crippen LogP contribution in [0.5, 0.6) is 5.75 Å². The summed E-state index contributed by atoms with van der Waals surface area (Å²) in [5.74, 6) is 1.35. The van der Waals surface area contributed by atoms with Crippen molar-refractivity contribution in [3.8, 4) is 17.2 Å². The van der Waals surface area contributed by atoms with Crippen LogP contribution in [0.4, 0.5) is 0 Å². The average molecular weight is 543 g/mol. The van der Waals surface area contributed by atoms with E-state index >= 15 is 0 Å². The summed E-state index contributed by atoms with van der Waals surface area (Å²) < 4.78 is 11.9. The van der Waals surface area contributed by atoms with Crippen molar-refractivity contribution in [2.24, 2.45) is 11.7 Å². The number of rotatable bonds is 9. The zero-order chi connectivity index (χ0) is 28.4. The fourth-order valence-electron chi connectivity index (χ4n) is 5.30. The fraction of sp³-hybridized carbons (Fsp3) is 0.323. The molecule has 1 aliphatic rings. The summed E-state index contributed by atoms with van der Waals surface area (Å²) in [5.41, 5.74) is 10.3. The van der Waals surface area contributed by atoms with Gasteiger partial charge in [0.2, 0.25) is 5.91 Å². The predicted octanol–water partition coefficient (Wildman–Crippen LogP) is 4.69. The van der Waals surface area contributed by atoms with Gasteiger partial charge >= 0.3 is 0 Å². The number of carbonyl (C=O) groups is 2. The number of nitrogens with zero attached hydrogens (tertiary/aromatic N) is 2. The molecule has 2 atom stereocenters. The van der Waals surface area contributed by atoms with Crippen molar-refractivity contribution in [1.29, 1.82) is 0 Å². The SMILES string of the molecule is Cc1ccc(-c2cc(COc3ccc(C4(N)CCN(C(CC(C)C)C(=O)NO)C4=O)cc3)c3ccccc3n2)o1. The molecule has 4 N–H and O–H groups in total. The largest absolute Gasteiger partial charge is 0.489 e. The van der Waals surface area contributed by atoms with E-state index < -0.39 is 17.5 Å². The van der Waals surface area contributed by atoms with E-state index in [1.54, 1.807) is 29.7 Å². The van der Waals surface area contributed by atoms with Gasteiger partial charge in [-0.2, -0.15) is 0 Å². The molecule has 2 unspecified atom stereocenters. The number of nitrogens with two attached hydrogens (primary N) is 1. The Kier molecular flexibility index (Phi) is 7.60. The lowest BCUT2D eigenvalue weighted by atomic mass is 9.89. The number of nitrogens with one attached hydrogen (secondary N) is 1. The van der Waals surface area contributed by atoms with E-state index in [1.165, 1.54) is 4.90 Å². The number of ether oxygens (including phenoxy) is 1. The van der Waals surface area contributed by atoms with Crippen LogP contribution in [0.15, 0.2) is 71.1 Å². The lowest BCUT2D eigenvalue weighted by Crippen LogP contribution is -2.52. The second kappa shape index (κ2) is 11.1. The summed E-state index contributed by atoms with van der Waals surface area (Å²) in [7, 11) is 0. The number of aromatic nitrogens is 1. The summed E-state index contributed by atoms with van der Waals surface area (Å²) in [4.78, 5) is 32.0. The van der Waals surface area contributed by atoms with E-state index in [4.69, 9.17) is 19.9 Å². The highest BCUT2D eigenvalue weighted by molar-refractivity contribution is 5.94. The number of likely N-dealkylation sites (tertiary alicyclic amines) is 1. The number of fused-ring (bicyclic) bond motifs is 1. The molecule has 0 aliphatic carbocycles. The number of aryl methyl sites for hydroxylation is 1. The summed E-state index contributed by atoms with van der Waals surface area (Å²) in [6.45, 7) is 6.45. The van der Waals surface area contributed by atoms with Gasteiger partial charge in [-0.05, 0) is 67.6 Å². The molecule has 40 heavy (non-hydrogen) atoms. The number of amides is 2. The third kappa shape index (κ3) is 5.30. The molecule has 9 nitrogen and oxygen atoms in total. The number of hydroxylamine groups is 1. The van der Waals surface area contributed by atoms with Gasteiger partial charge in [0.1, 0.15) is 35.4 Å². The summed E-state index contributed by atoms with van der Waals surface area (Å²) in [6.07, 6.45) is 0.781. The minimum Gasteiger partial charge on any atom is -0.489 e. The first-order chi connectivity index (χ1) is 19.2. The Morgan fingerprint density at radius 1 is 1.18 bits per heavy atom. The van der Waals surface area contributed by atoms with E-state index in [0.29, 0.717) is 43.1 Å². The molecule has 9 heteroatoms. The Morgan fingerprint density at radius 2 is 1.93 bits per heavy atom. The summed E-state index contributed by atoms with van der Waals surface area (Å²) in [6, 6.07) is 20.1. The average Bonchev–Trinajstić information content (AvgIpc) is 3.53. The number of pyridine rings is 1. The van der Waals surface area contributed by atoms with Crippen LogP contribution in [0.1, 0.15) is 43.6 Å². The topological polar surface area (TPSA) is 131 Å². The first-order valence-electron chi connectivity index (χ1n) is 13.4. The number of hydrogen-bond acceptors (Lipinski definition) is 7. The number of benzene rings is 2. The maximum Gasteiger partial charge on any atom is 0.266 e. The number of para-hydroxylation sites is 1. The Labute approximate surface area is 232 Å². The maximum absolute atomic E-state index is 13.4. The molecule has 0 radical (unpaired) electrons. The first-order valence-corrected chi connectivity index (χ1v) is 13.4. The van der Waals surface area contributed by atoms with E-state index in [1.807, 2.05) is 63.2 Å². The minimum absolute atomic E-state index is 0.149. The minimum atomic E-state index is -1.26. The second-order valence-electron chi connectivity index (χ2n) is 10.7. The fourth-order valence-corrected chi connectivity index (χ4v) is 5.30. The van der Waals surface area contributed by atoms with Gasteiger partial charge in [-0.15, -0.1) is 0 Å². The standard InChI is InChI=1S/C31H34N4O5/c1-19(2)16-27(29(36)34-38)35-15-14-31(32,30(35)37)22-9-11-23(12-10-22)39-18-21-17-26(28-13-8-20(3)40-28)33-25-7-5-4-6-24(21)25/h4-13,17,19,27,38H,14-16,18,32H2,1-3H3,(H,34,36). The molecule has 2 aromatic carbocycles. The Morgan fingerprint density at radius 3 is 2.60 bits per heavy atom. The van der Waals surface area contributed by atoms with Crippen LogP contribution in [0.25, 0.3) is 22.4 Å². The normalized spacial score (nSPS) is 17.9. The van der Waals surface area contributed by atoms with Crippen molar-refractivity contribution < 1.29 is 24.0 Å². The Balaban J connectivity index is 1.33.